The van der Waals surface area contributed by atoms with Crippen LogP contribution in [0.3, 0.4) is 0 Å². The smallest absolute Gasteiger partial charge is 0.265 e. The maximum absolute atomic E-state index is 11.2. The zero-order chi connectivity index (χ0) is 23.5. The van der Waals surface area contributed by atoms with Gasteiger partial charge in [-0.15, -0.1) is 0 Å². The number of anilines is 1. The van der Waals surface area contributed by atoms with Crippen LogP contribution < -0.4 is 9.47 Å². The van der Waals surface area contributed by atoms with Crippen LogP contribution in [0.25, 0.3) is 21.9 Å². The Morgan fingerprint density at radius 3 is 2.50 bits per heavy atom. The van der Waals surface area contributed by atoms with Crippen LogP contribution in [0.1, 0.15) is 22.6 Å². The number of thiazole rings is 1. The fourth-order valence-corrected chi connectivity index (χ4v) is 5.92. The minimum atomic E-state index is -3.98. The van der Waals surface area contributed by atoms with E-state index in [0.717, 1.165) is 38.6 Å². The molecule has 0 radical (unpaired) electrons. The first-order valence-electron chi connectivity index (χ1n) is 11.1. The normalized spacial score (nSPS) is 14.6. The van der Waals surface area contributed by atoms with Gasteiger partial charge < -0.3 is 4.90 Å². The number of benzene rings is 3. The van der Waals surface area contributed by atoms with Gasteiger partial charge in [-0.05, 0) is 29.3 Å². The van der Waals surface area contributed by atoms with Crippen molar-refractivity contribution in [1.82, 2.24) is 0 Å². The molecule has 5 nitrogen and oxygen atoms in total. The molecular formula is C27H25N2O3S2+. The molecule has 7 heteroatoms. The number of hydrogen-bond donors (Lipinski definition) is 1. The number of nitrogens with zero attached hydrogens (tertiary/aromatic N) is 2. The maximum atomic E-state index is 11.2. The van der Waals surface area contributed by atoms with Crippen LogP contribution in [0.2, 0.25) is 0 Å². The number of allylic oxidation sites excluding steroid dienone is 2. The predicted octanol–water partition coefficient (Wildman–Crippen LogP) is 5.54. The molecule has 1 N–H and O–H groups in total. The Morgan fingerprint density at radius 2 is 1.68 bits per heavy atom. The standard InChI is InChI=1S/C27H24N2O3S2/c30-34(31,32)18-8-16-29-25-13-6-7-14-26(25)33-27(29)19-22-15-17-28(20-21-9-2-1-3-10-21)24-12-5-4-11-23(22)24/h1-7,9-15,17,19H,8,16,18,20H2/p+1. The Labute approximate surface area is 203 Å². The summed E-state index contributed by atoms with van der Waals surface area (Å²) >= 11 is 1.68. The van der Waals surface area contributed by atoms with Crippen molar-refractivity contribution in [3.05, 3.63) is 107 Å². The van der Waals surface area contributed by atoms with Crippen molar-refractivity contribution < 1.29 is 17.5 Å². The van der Waals surface area contributed by atoms with Crippen LogP contribution in [0, 0.1) is 0 Å². The van der Waals surface area contributed by atoms with Gasteiger partial charge in [0.15, 0.2) is 6.54 Å². The van der Waals surface area contributed by atoms with E-state index in [9.17, 15) is 8.42 Å². The molecule has 1 aliphatic heterocycles. The third-order valence-corrected chi connectivity index (χ3v) is 7.77. The van der Waals surface area contributed by atoms with E-state index in [2.05, 4.69) is 82.4 Å². The highest BCUT2D eigenvalue weighted by Crippen LogP contribution is 2.35. The Morgan fingerprint density at radius 1 is 0.941 bits per heavy atom. The molecule has 1 aliphatic rings. The lowest BCUT2D eigenvalue weighted by Gasteiger charge is -2.27. The van der Waals surface area contributed by atoms with E-state index in [0.29, 0.717) is 13.0 Å². The molecule has 172 valence electrons. The Kier molecular flexibility index (Phi) is 6.32. The largest absolute Gasteiger partial charge is 0.343 e. The summed E-state index contributed by atoms with van der Waals surface area (Å²) in [6, 6.07) is 26.9. The van der Waals surface area contributed by atoms with Crippen molar-refractivity contribution in [2.45, 2.75) is 19.5 Å². The monoisotopic (exact) mass is 489 g/mol. The van der Waals surface area contributed by atoms with Crippen LogP contribution in [0.15, 0.2) is 91.1 Å². The number of fused-ring (bicyclic) bond motifs is 2. The Bertz CT molecular complexity index is 1490. The van der Waals surface area contributed by atoms with E-state index in [1.54, 1.807) is 11.3 Å². The number of hydrogen-bond acceptors (Lipinski definition) is 4. The van der Waals surface area contributed by atoms with Gasteiger partial charge in [-0.3, -0.25) is 4.55 Å². The molecule has 0 saturated carbocycles. The van der Waals surface area contributed by atoms with E-state index in [4.69, 9.17) is 4.55 Å². The fraction of sp³-hybridized carbons (Fsp3) is 0.148. The second kappa shape index (κ2) is 9.54. The van der Waals surface area contributed by atoms with Crippen molar-refractivity contribution in [2.75, 3.05) is 10.7 Å². The molecule has 0 spiro atoms. The molecule has 0 aliphatic carbocycles. The topological polar surface area (TPSA) is 61.5 Å². The molecule has 5 rings (SSSR count). The molecule has 2 heterocycles. The van der Waals surface area contributed by atoms with Crippen LogP contribution in [0.4, 0.5) is 5.69 Å². The van der Waals surface area contributed by atoms with E-state index in [1.807, 2.05) is 24.3 Å². The van der Waals surface area contributed by atoms with E-state index in [1.165, 1.54) is 5.56 Å². The summed E-state index contributed by atoms with van der Waals surface area (Å²) < 4.78 is 34.9. The van der Waals surface area contributed by atoms with Crippen molar-refractivity contribution >= 4 is 49.0 Å². The molecule has 0 unspecified atom stereocenters. The average Bonchev–Trinajstić information content (AvgIpc) is 3.18. The Balaban J connectivity index is 1.51. The molecule has 0 atom stereocenters. The van der Waals surface area contributed by atoms with Crippen molar-refractivity contribution in [3.63, 3.8) is 0 Å². The summed E-state index contributed by atoms with van der Waals surface area (Å²) in [4.78, 5) is 2.26. The lowest BCUT2D eigenvalue weighted by Crippen LogP contribution is -2.36. The molecule has 0 fully saturated rings. The van der Waals surface area contributed by atoms with Gasteiger partial charge >= 0.3 is 0 Å². The van der Waals surface area contributed by atoms with E-state index < -0.39 is 10.1 Å². The van der Waals surface area contributed by atoms with Gasteiger partial charge in [0.05, 0.1) is 5.75 Å². The highest BCUT2D eigenvalue weighted by atomic mass is 32.2. The molecule has 34 heavy (non-hydrogen) atoms. The quantitative estimate of drug-likeness (QED) is 0.273. The van der Waals surface area contributed by atoms with Gasteiger partial charge in [0.25, 0.3) is 15.1 Å². The second-order valence-electron chi connectivity index (χ2n) is 8.25. The summed E-state index contributed by atoms with van der Waals surface area (Å²) in [5, 5.41) is 1.04. The molecule has 0 bridgehead atoms. The molecule has 1 aromatic heterocycles. The van der Waals surface area contributed by atoms with Gasteiger partial charge in [0.2, 0.25) is 5.52 Å². The second-order valence-corrected chi connectivity index (χ2v) is 10.9. The van der Waals surface area contributed by atoms with Crippen LogP contribution in [-0.2, 0) is 23.2 Å². The van der Waals surface area contributed by atoms with Crippen LogP contribution >= 0.6 is 11.3 Å². The number of aryl methyl sites for hydroxylation is 1. The van der Waals surface area contributed by atoms with Crippen LogP contribution in [0.5, 0.6) is 0 Å². The minimum absolute atomic E-state index is 0.253. The summed E-state index contributed by atoms with van der Waals surface area (Å²) in [6.07, 6.45) is 6.78. The zero-order valence-corrected chi connectivity index (χ0v) is 20.2. The average molecular weight is 490 g/mol. The lowest BCUT2D eigenvalue weighted by atomic mass is 9.99. The highest BCUT2D eigenvalue weighted by Gasteiger charge is 2.22. The van der Waals surface area contributed by atoms with Crippen molar-refractivity contribution in [1.29, 1.82) is 0 Å². The van der Waals surface area contributed by atoms with Crippen LogP contribution in [-0.4, -0.2) is 18.7 Å². The molecule has 3 aromatic carbocycles. The van der Waals surface area contributed by atoms with Gasteiger partial charge in [-0.2, -0.15) is 13.0 Å². The maximum Gasteiger partial charge on any atom is 0.265 e. The van der Waals surface area contributed by atoms with Crippen molar-refractivity contribution in [2.24, 2.45) is 0 Å². The van der Waals surface area contributed by atoms with E-state index in [-0.39, 0.29) is 5.75 Å². The predicted molar refractivity (Wildman–Crippen MR) is 139 cm³/mol. The minimum Gasteiger partial charge on any atom is -0.343 e. The fourth-order valence-electron chi connectivity index (χ4n) is 4.28. The molecule has 0 amide bonds. The summed E-state index contributed by atoms with van der Waals surface area (Å²) in [7, 11) is -3.98. The van der Waals surface area contributed by atoms with Gasteiger partial charge in [0.1, 0.15) is 4.70 Å². The summed E-state index contributed by atoms with van der Waals surface area (Å²) in [5.41, 5.74) is 5.72. The molecular weight excluding hydrogens is 464 g/mol. The van der Waals surface area contributed by atoms with Gasteiger partial charge in [0, 0.05) is 42.6 Å². The van der Waals surface area contributed by atoms with E-state index >= 15 is 0 Å². The molecule has 0 saturated heterocycles. The molecule has 4 aromatic rings. The first kappa shape index (κ1) is 22.5. The van der Waals surface area contributed by atoms with Gasteiger partial charge in [-0.1, -0.05) is 72.0 Å². The first-order valence-corrected chi connectivity index (χ1v) is 13.6. The SMILES string of the molecule is O=S(=O)(O)CCC[n+]1c(/C=C2\C=CN(Cc3ccccc3)c3ccccc32)sc2ccccc21. The lowest BCUT2D eigenvalue weighted by molar-refractivity contribution is -0.668. The Hall–Kier alpha value is -3.26. The zero-order valence-electron chi connectivity index (χ0n) is 18.5. The number of para-hydroxylation sites is 2. The van der Waals surface area contributed by atoms with Crippen molar-refractivity contribution in [3.8, 4) is 0 Å². The highest BCUT2D eigenvalue weighted by molar-refractivity contribution is 7.85. The number of aromatic nitrogens is 1. The third kappa shape index (κ3) is 4.97. The first-order chi connectivity index (χ1) is 16.5. The summed E-state index contributed by atoms with van der Waals surface area (Å²) in [5.74, 6) is -0.253. The third-order valence-electron chi connectivity index (χ3n) is 5.85. The van der Waals surface area contributed by atoms with Gasteiger partial charge in [-0.25, -0.2) is 0 Å². The summed E-state index contributed by atoms with van der Waals surface area (Å²) in [6.45, 7) is 1.30. The number of rotatable bonds is 7.